The first-order chi connectivity index (χ1) is 13.0. The molecule has 4 rings (SSSR count). The standard InChI is InChI=1S/C17H14BrFN4O4/c18-11-5-3-10(4-6-11)15-21-20-13(27-15)9-23-16(24)12(19)8-22(17(23)25)14-2-1-7-26-14/h3-6,8,14H,1-2,7,9H2/t14-/m0/s1. The predicted molar refractivity (Wildman–Crippen MR) is 95.7 cm³/mol. The van der Waals surface area contributed by atoms with Crippen LogP contribution in [0.2, 0.25) is 0 Å². The van der Waals surface area contributed by atoms with Crippen molar-refractivity contribution in [2.45, 2.75) is 25.6 Å². The second-order valence-electron chi connectivity index (χ2n) is 6.03. The molecule has 0 amide bonds. The second kappa shape index (κ2) is 7.20. The van der Waals surface area contributed by atoms with Gasteiger partial charge in [0.2, 0.25) is 17.6 Å². The largest absolute Gasteiger partial charge is 0.419 e. The van der Waals surface area contributed by atoms with Gasteiger partial charge in [-0.15, -0.1) is 10.2 Å². The molecule has 1 saturated heterocycles. The normalized spacial score (nSPS) is 16.7. The Kier molecular flexibility index (Phi) is 4.75. The lowest BCUT2D eigenvalue weighted by Gasteiger charge is -2.14. The molecule has 1 aromatic carbocycles. The highest BCUT2D eigenvalue weighted by atomic mass is 79.9. The number of hydrogen-bond acceptors (Lipinski definition) is 6. The van der Waals surface area contributed by atoms with Crippen molar-refractivity contribution in [3.63, 3.8) is 0 Å². The van der Waals surface area contributed by atoms with Crippen molar-refractivity contribution >= 4 is 15.9 Å². The molecule has 0 saturated carbocycles. The number of benzene rings is 1. The lowest BCUT2D eigenvalue weighted by molar-refractivity contribution is 0.0503. The average molecular weight is 437 g/mol. The Hall–Kier alpha value is -2.59. The first-order valence-electron chi connectivity index (χ1n) is 8.24. The van der Waals surface area contributed by atoms with Gasteiger partial charge in [-0.05, 0) is 37.1 Å². The van der Waals surface area contributed by atoms with Crippen LogP contribution in [0.1, 0.15) is 25.0 Å². The van der Waals surface area contributed by atoms with Crippen molar-refractivity contribution in [2.24, 2.45) is 0 Å². The van der Waals surface area contributed by atoms with Crippen LogP contribution in [0.5, 0.6) is 0 Å². The number of ether oxygens (including phenoxy) is 1. The first kappa shape index (κ1) is 17.8. The van der Waals surface area contributed by atoms with Gasteiger partial charge in [0.15, 0.2) is 0 Å². The maximum Gasteiger partial charge on any atom is 0.333 e. The lowest BCUT2D eigenvalue weighted by atomic mass is 10.2. The van der Waals surface area contributed by atoms with E-state index in [1.165, 1.54) is 0 Å². The molecule has 1 aliphatic rings. The molecule has 1 atom stereocenters. The van der Waals surface area contributed by atoms with E-state index in [0.29, 0.717) is 18.6 Å². The maximum absolute atomic E-state index is 14.1. The van der Waals surface area contributed by atoms with Crippen molar-refractivity contribution in [2.75, 3.05) is 6.61 Å². The van der Waals surface area contributed by atoms with E-state index in [1.54, 1.807) is 12.1 Å². The zero-order valence-corrected chi connectivity index (χ0v) is 15.6. The van der Waals surface area contributed by atoms with Gasteiger partial charge in [0.05, 0.1) is 6.20 Å². The lowest BCUT2D eigenvalue weighted by Crippen LogP contribution is -2.42. The molecule has 0 radical (unpaired) electrons. The quantitative estimate of drug-likeness (QED) is 0.622. The van der Waals surface area contributed by atoms with Crippen molar-refractivity contribution in [3.05, 3.63) is 67.5 Å². The van der Waals surface area contributed by atoms with Crippen LogP contribution in [0, 0.1) is 5.82 Å². The first-order valence-corrected chi connectivity index (χ1v) is 9.03. The summed E-state index contributed by atoms with van der Waals surface area (Å²) in [6.45, 7) is 0.156. The molecule has 2 aromatic heterocycles. The van der Waals surface area contributed by atoms with E-state index in [0.717, 1.165) is 26.2 Å². The fraction of sp³-hybridized carbons (Fsp3) is 0.294. The number of nitrogens with zero attached hydrogens (tertiary/aromatic N) is 4. The van der Waals surface area contributed by atoms with Crippen molar-refractivity contribution in [3.8, 4) is 11.5 Å². The Morgan fingerprint density at radius 2 is 2.00 bits per heavy atom. The zero-order chi connectivity index (χ0) is 19.0. The van der Waals surface area contributed by atoms with E-state index < -0.39 is 23.3 Å². The molecule has 3 aromatic rings. The Balaban J connectivity index is 1.67. The highest BCUT2D eigenvalue weighted by Crippen LogP contribution is 2.22. The highest BCUT2D eigenvalue weighted by Gasteiger charge is 2.23. The van der Waals surface area contributed by atoms with E-state index in [-0.39, 0.29) is 18.3 Å². The Morgan fingerprint density at radius 1 is 1.22 bits per heavy atom. The molecule has 8 nitrogen and oxygen atoms in total. The topological polar surface area (TPSA) is 92.2 Å². The van der Waals surface area contributed by atoms with E-state index in [1.807, 2.05) is 12.1 Å². The number of rotatable bonds is 4. The van der Waals surface area contributed by atoms with Crippen LogP contribution in [0.15, 0.2) is 48.9 Å². The number of hydrogen-bond donors (Lipinski definition) is 0. The van der Waals surface area contributed by atoms with Gasteiger partial charge < -0.3 is 9.15 Å². The van der Waals surface area contributed by atoms with E-state index in [2.05, 4.69) is 26.1 Å². The third-order valence-corrected chi connectivity index (χ3v) is 4.75. The summed E-state index contributed by atoms with van der Waals surface area (Å²) in [7, 11) is 0. The van der Waals surface area contributed by atoms with Crippen molar-refractivity contribution in [1.82, 2.24) is 19.3 Å². The highest BCUT2D eigenvalue weighted by molar-refractivity contribution is 9.10. The van der Waals surface area contributed by atoms with Gasteiger partial charge in [-0.25, -0.2) is 9.36 Å². The summed E-state index contributed by atoms with van der Waals surface area (Å²) in [4.78, 5) is 24.7. The van der Waals surface area contributed by atoms with Crippen molar-refractivity contribution in [1.29, 1.82) is 0 Å². The summed E-state index contributed by atoms with van der Waals surface area (Å²) >= 11 is 3.34. The maximum atomic E-state index is 14.1. The van der Waals surface area contributed by atoms with E-state index >= 15 is 0 Å². The third-order valence-electron chi connectivity index (χ3n) is 4.22. The Bertz CT molecular complexity index is 1080. The Labute approximate surface area is 160 Å². The molecule has 10 heteroatoms. The minimum atomic E-state index is -1.04. The van der Waals surface area contributed by atoms with Crippen LogP contribution >= 0.6 is 15.9 Å². The van der Waals surface area contributed by atoms with Gasteiger partial charge in [0.25, 0.3) is 5.56 Å². The molecule has 1 fully saturated rings. The molecule has 140 valence electrons. The van der Waals surface area contributed by atoms with E-state index in [4.69, 9.17) is 9.15 Å². The SMILES string of the molecule is O=c1c(F)cn([C@@H]2CCCO2)c(=O)n1Cc1nnc(-c2ccc(Br)cc2)o1. The molecular weight excluding hydrogens is 423 g/mol. The summed E-state index contributed by atoms with van der Waals surface area (Å²) in [6.07, 6.45) is 1.64. The van der Waals surface area contributed by atoms with Crippen LogP contribution in [-0.4, -0.2) is 25.9 Å². The van der Waals surface area contributed by atoms with Crippen LogP contribution in [0.25, 0.3) is 11.5 Å². The van der Waals surface area contributed by atoms with Crippen LogP contribution in [0.4, 0.5) is 4.39 Å². The molecule has 1 aliphatic heterocycles. The summed E-state index contributed by atoms with van der Waals surface area (Å²) in [5.41, 5.74) is -1.05. The van der Waals surface area contributed by atoms with E-state index in [9.17, 15) is 14.0 Å². The minimum Gasteiger partial charge on any atom is -0.419 e. The molecule has 0 N–H and O–H groups in total. The van der Waals surface area contributed by atoms with Crippen LogP contribution in [-0.2, 0) is 11.3 Å². The van der Waals surface area contributed by atoms with Gasteiger partial charge in [-0.3, -0.25) is 9.36 Å². The van der Waals surface area contributed by atoms with Gasteiger partial charge in [0.1, 0.15) is 12.8 Å². The predicted octanol–water partition coefficient (Wildman–Crippen LogP) is 2.32. The molecule has 0 spiro atoms. The molecule has 0 unspecified atom stereocenters. The fourth-order valence-corrected chi connectivity index (χ4v) is 3.14. The van der Waals surface area contributed by atoms with Crippen LogP contribution in [0.3, 0.4) is 0 Å². The molecular formula is C17H14BrFN4O4. The minimum absolute atomic E-state index is 0.0246. The van der Waals surface area contributed by atoms with Gasteiger partial charge in [0, 0.05) is 16.6 Å². The summed E-state index contributed by atoms with van der Waals surface area (Å²) in [5, 5.41) is 7.78. The second-order valence-corrected chi connectivity index (χ2v) is 6.95. The fourth-order valence-electron chi connectivity index (χ4n) is 2.88. The van der Waals surface area contributed by atoms with Crippen LogP contribution < -0.4 is 11.2 Å². The monoisotopic (exact) mass is 436 g/mol. The molecule has 0 aliphatic carbocycles. The smallest absolute Gasteiger partial charge is 0.333 e. The Morgan fingerprint density at radius 3 is 2.70 bits per heavy atom. The summed E-state index contributed by atoms with van der Waals surface area (Å²) < 4.78 is 27.7. The third kappa shape index (κ3) is 3.50. The zero-order valence-electron chi connectivity index (χ0n) is 14.0. The van der Waals surface area contributed by atoms with Gasteiger partial charge in [-0.2, -0.15) is 4.39 Å². The molecule has 3 heterocycles. The molecule has 27 heavy (non-hydrogen) atoms. The summed E-state index contributed by atoms with van der Waals surface area (Å²) in [5.74, 6) is -0.782. The van der Waals surface area contributed by atoms with Crippen molar-refractivity contribution < 1.29 is 13.5 Å². The summed E-state index contributed by atoms with van der Waals surface area (Å²) in [6, 6.07) is 7.19. The number of halogens is 2. The molecule has 0 bridgehead atoms. The number of aromatic nitrogens is 4. The van der Waals surface area contributed by atoms with Gasteiger partial charge >= 0.3 is 5.69 Å². The van der Waals surface area contributed by atoms with Gasteiger partial charge in [-0.1, -0.05) is 15.9 Å². The average Bonchev–Trinajstić information content (AvgIpc) is 3.34.